The van der Waals surface area contributed by atoms with Gasteiger partial charge in [0.05, 0.1) is 19.1 Å². The Kier molecular flexibility index (Phi) is 9.71. The lowest BCUT2D eigenvalue weighted by molar-refractivity contribution is -0.139. The number of anilines is 1. The van der Waals surface area contributed by atoms with Crippen LogP contribution in [-0.4, -0.2) is 57.6 Å². The van der Waals surface area contributed by atoms with E-state index in [9.17, 15) is 18.0 Å². The fraction of sp³-hybridized carbons (Fsp3) is 0.462. The van der Waals surface area contributed by atoms with Crippen molar-refractivity contribution < 1.29 is 22.7 Å². The summed E-state index contributed by atoms with van der Waals surface area (Å²) < 4.78 is 31.9. The summed E-state index contributed by atoms with van der Waals surface area (Å²) in [7, 11) is -2.22. The Bertz CT molecular complexity index is 1150. The lowest BCUT2D eigenvalue weighted by Gasteiger charge is -2.32. The van der Waals surface area contributed by atoms with E-state index in [-0.39, 0.29) is 18.4 Å². The first-order chi connectivity index (χ1) is 16.3. The minimum Gasteiger partial charge on any atom is -0.497 e. The molecule has 192 valence electrons. The Morgan fingerprint density at radius 2 is 1.74 bits per heavy atom. The van der Waals surface area contributed by atoms with Gasteiger partial charge in [-0.05, 0) is 61.6 Å². The molecule has 0 aliphatic rings. The Labute approximate surface area is 209 Å². The van der Waals surface area contributed by atoms with E-state index >= 15 is 0 Å². The third-order valence-electron chi connectivity index (χ3n) is 5.65. The molecule has 8 nitrogen and oxygen atoms in total. The standard InChI is InChI=1S/C26H37N3O5S/c1-18(2)15-27-26(31)21(5)28(16-22-9-8-10-23(14-22)34-6)25(30)17-29(35(7,32)33)24-13-19(3)11-12-20(24)4/h8-14,18,21H,15-17H2,1-7H3,(H,27,31)/t21-/m0/s1. The normalized spacial score (nSPS) is 12.2. The van der Waals surface area contributed by atoms with Gasteiger partial charge in [-0.2, -0.15) is 0 Å². The van der Waals surface area contributed by atoms with Crippen molar-refractivity contribution in [1.29, 1.82) is 0 Å². The highest BCUT2D eigenvalue weighted by Crippen LogP contribution is 2.25. The summed E-state index contributed by atoms with van der Waals surface area (Å²) in [4.78, 5) is 27.9. The maximum Gasteiger partial charge on any atom is 0.244 e. The van der Waals surface area contributed by atoms with E-state index in [1.807, 2.05) is 39.0 Å². The molecular formula is C26H37N3O5S. The Balaban J connectivity index is 2.43. The number of carbonyl (C=O) groups is 2. The van der Waals surface area contributed by atoms with Crippen molar-refractivity contribution in [2.24, 2.45) is 5.92 Å². The van der Waals surface area contributed by atoms with Crippen LogP contribution < -0.4 is 14.4 Å². The number of aryl methyl sites for hydroxylation is 2. The van der Waals surface area contributed by atoms with Crippen LogP contribution in [0.2, 0.25) is 0 Å². The van der Waals surface area contributed by atoms with Gasteiger partial charge in [-0.25, -0.2) is 8.42 Å². The predicted molar refractivity (Wildman–Crippen MR) is 139 cm³/mol. The minimum atomic E-state index is -3.77. The Morgan fingerprint density at radius 1 is 1.06 bits per heavy atom. The average molecular weight is 504 g/mol. The van der Waals surface area contributed by atoms with Gasteiger partial charge in [0, 0.05) is 13.1 Å². The van der Waals surface area contributed by atoms with E-state index in [0.717, 1.165) is 27.3 Å². The summed E-state index contributed by atoms with van der Waals surface area (Å²) in [6, 6.07) is 11.9. The zero-order valence-corrected chi connectivity index (χ0v) is 22.5. The molecule has 1 atom stereocenters. The van der Waals surface area contributed by atoms with E-state index in [0.29, 0.717) is 18.0 Å². The van der Waals surface area contributed by atoms with Crippen LogP contribution in [0.15, 0.2) is 42.5 Å². The molecular weight excluding hydrogens is 466 g/mol. The third-order valence-corrected chi connectivity index (χ3v) is 6.78. The molecule has 2 rings (SSSR count). The van der Waals surface area contributed by atoms with Crippen molar-refractivity contribution in [2.45, 2.75) is 47.2 Å². The number of nitrogens with zero attached hydrogens (tertiary/aromatic N) is 2. The van der Waals surface area contributed by atoms with Crippen molar-refractivity contribution in [1.82, 2.24) is 10.2 Å². The van der Waals surface area contributed by atoms with E-state index in [1.165, 1.54) is 4.90 Å². The van der Waals surface area contributed by atoms with Gasteiger partial charge in [-0.15, -0.1) is 0 Å². The van der Waals surface area contributed by atoms with Gasteiger partial charge >= 0.3 is 0 Å². The lowest BCUT2D eigenvalue weighted by Crippen LogP contribution is -2.51. The SMILES string of the molecule is COc1cccc(CN(C(=O)CN(c2cc(C)ccc2C)S(C)(=O)=O)[C@@H](C)C(=O)NCC(C)C)c1. The van der Waals surface area contributed by atoms with Crippen LogP contribution in [0.4, 0.5) is 5.69 Å². The first-order valence-corrected chi connectivity index (χ1v) is 13.4. The second-order valence-electron chi connectivity index (χ2n) is 9.25. The van der Waals surface area contributed by atoms with E-state index in [1.54, 1.807) is 45.2 Å². The number of amides is 2. The fourth-order valence-electron chi connectivity index (χ4n) is 3.59. The number of hydrogen-bond acceptors (Lipinski definition) is 5. The van der Waals surface area contributed by atoms with Gasteiger partial charge in [0.1, 0.15) is 18.3 Å². The number of sulfonamides is 1. The van der Waals surface area contributed by atoms with Crippen molar-refractivity contribution in [3.05, 3.63) is 59.2 Å². The Hall–Kier alpha value is -3.07. The molecule has 0 saturated heterocycles. The lowest BCUT2D eigenvalue weighted by atomic mass is 10.1. The van der Waals surface area contributed by atoms with Crippen LogP contribution in [0, 0.1) is 19.8 Å². The summed E-state index contributed by atoms with van der Waals surface area (Å²) in [5.74, 6) is 0.0950. The van der Waals surface area contributed by atoms with Crippen LogP contribution >= 0.6 is 0 Å². The zero-order valence-electron chi connectivity index (χ0n) is 21.7. The van der Waals surface area contributed by atoms with Crippen LogP contribution in [0.5, 0.6) is 5.75 Å². The number of hydrogen-bond donors (Lipinski definition) is 1. The first-order valence-electron chi connectivity index (χ1n) is 11.6. The molecule has 0 spiro atoms. The number of carbonyl (C=O) groups excluding carboxylic acids is 2. The highest BCUT2D eigenvalue weighted by molar-refractivity contribution is 7.92. The highest BCUT2D eigenvalue weighted by atomic mass is 32.2. The zero-order chi connectivity index (χ0) is 26.3. The summed E-state index contributed by atoms with van der Waals surface area (Å²) in [5, 5.41) is 2.87. The molecule has 0 heterocycles. The molecule has 2 aromatic rings. The molecule has 0 aliphatic carbocycles. The summed E-state index contributed by atoms with van der Waals surface area (Å²) in [6.45, 7) is 9.45. The van der Waals surface area contributed by atoms with E-state index in [2.05, 4.69) is 5.32 Å². The average Bonchev–Trinajstić information content (AvgIpc) is 2.79. The quantitative estimate of drug-likeness (QED) is 0.508. The highest BCUT2D eigenvalue weighted by Gasteiger charge is 2.30. The van der Waals surface area contributed by atoms with E-state index in [4.69, 9.17) is 4.74 Å². The van der Waals surface area contributed by atoms with Crippen LogP contribution in [0.1, 0.15) is 37.5 Å². The number of benzene rings is 2. The fourth-order valence-corrected chi connectivity index (χ4v) is 4.48. The summed E-state index contributed by atoms with van der Waals surface area (Å²) in [6.07, 6.45) is 1.08. The minimum absolute atomic E-state index is 0.122. The number of methoxy groups -OCH3 is 1. The van der Waals surface area contributed by atoms with Gasteiger partial charge in [0.25, 0.3) is 0 Å². The molecule has 0 saturated carbocycles. The van der Waals surface area contributed by atoms with Gasteiger partial charge in [0.2, 0.25) is 21.8 Å². The second kappa shape index (κ2) is 12.1. The monoisotopic (exact) mass is 503 g/mol. The third kappa shape index (κ3) is 7.99. The van der Waals surface area contributed by atoms with Crippen molar-refractivity contribution in [3.63, 3.8) is 0 Å². The van der Waals surface area contributed by atoms with Crippen LogP contribution in [0.3, 0.4) is 0 Å². The summed E-state index contributed by atoms with van der Waals surface area (Å²) in [5.41, 5.74) is 2.82. The smallest absolute Gasteiger partial charge is 0.244 e. The summed E-state index contributed by atoms with van der Waals surface area (Å²) >= 11 is 0. The van der Waals surface area contributed by atoms with Gasteiger partial charge in [-0.3, -0.25) is 13.9 Å². The van der Waals surface area contributed by atoms with Crippen molar-refractivity contribution in [2.75, 3.05) is 30.8 Å². The van der Waals surface area contributed by atoms with Crippen LogP contribution in [0.25, 0.3) is 0 Å². The molecule has 2 amide bonds. The van der Waals surface area contributed by atoms with Crippen LogP contribution in [-0.2, 0) is 26.2 Å². The topological polar surface area (TPSA) is 96.0 Å². The second-order valence-corrected chi connectivity index (χ2v) is 11.2. The van der Waals surface area contributed by atoms with Gasteiger partial charge in [0.15, 0.2) is 0 Å². The molecule has 0 aliphatic heterocycles. The molecule has 0 radical (unpaired) electrons. The Morgan fingerprint density at radius 3 is 2.34 bits per heavy atom. The molecule has 2 aromatic carbocycles. The number of rotatable bonds is 11. The van der Waals surface area contributed by atoms with E-state index < -0.39 is 28.5 Å². The molecule has 0 fully saturated rings. The maximum atomic E-state index is 13.6. The number of nitrogens with one attached hydrogen (secondary N) is 1. The van der Waals surface area contributed by atoms with Gasteiger partial charge < -0.3 is 15.0 Å². The van der Waals surface area contributed by atoms with Gasteiger partial charge in [-0.1, -0.05) is 38.1 Å². The molecule has 35 heavy (non-hydrogen) atoms. The molecule has 9 heteroatoms. The predicted octanol–water partition coefficient (Wildman–Crippen LogP) is 3.27. The van der Waals surface area contributed by atoms with Crippen molar-refractivity contribution >= 4 is 27.5 Å². The largest absolute Gasteiger partial charge is 0.497 e. The molecule has 0 bridgehead atoms. The maximum absolute atomic E-state index is 13.6. The number of ether oxygens (including phenoxy) is 1. The van der Waals surface area contributed by atoms with Crippen molar-refractivity contribution in [3.8, 4) is 5.75 Å². The molecule has 0 unspecified atom stereocenters. The molecule has 0 aromatic heterocycles. The first kappa shape index (κ1) is 28.2. The molecule has 1 N–H and O–H groups in total.